The maximum absolute atomic E-state index is 12.0. The molecule has 0 fully saturated rings. The number of carbonyl (C=O) groups excluding carboxylic acids is 2. The van der Waals surface area contributed by atoms with Crippen LogP contribution in [0, 0.1) is 6.92 Å². The molecular formula is C16H21N5O2. The Labute approximate surface area is 134 Å². The quantitative estimate of drug-likeness (QED) is 0.777. The van der Waals surface area contributed by atoms with E-state index in [1.54, 1.807) is 13.1 Å². The maximum Gasteiger partial charge on any atom is 0.312 e. The van der Waals surface area contributed by atoms with Crippen molar-refractivity contribution >= 4 is 11.9 Å². The van der Waals surface area contributed by atoms with Gasteiger partial charge in [0.2, 0.25) is 5.91 Å². The van der Waals surface area contributed by atoms with Crippen LogP contribution in [-0.4, -0.2) is 27.8 Å². The minimum Gasteiger partial charge on any atom is -0.352 e. The van der Waals surface area contributed by atoms with Crippen molar-refractivity contribution in [3.05, 3.63) is 47.8 Å². The highest BCUT2D eigenvalue weighted by Crippen LogP contribution is 2.20. The molecule has 2 aromatic rings. The molecule has 1 heterocycles. The van der Waals surface area contributed by atoms with E-state index >= 15 is 0 Å². The summed E-state index contributed by atoms with van der Waals surface area (Å²) in [5, 5.41) is 9.58. The molecule has 0 aliphatic heterocycles. The predicted octanol–water partition coefficient (Wildman–Crippen LogP) is 1.41. The number of carbonyl (C=O) groups is 2. The summed E-state index contributed by atoms with van der Waals surface area (Å²) >= 11 is 0. The zero-order valence-corrected chi connectivity index (χ0v) is 13.4. The highest BCUT2D eigenvalue weighted by Gasteiger charge is 2.20. The topological polar surface area (TPSA) is 102 Å². The van der Waals surface area contributed by atoms with E-state index in [1.165, 1.54) is 0 Å². The molecule has 122 valence electrons. The Morgan fingerprint density at radius 3 is 2.43 bits per heavy atom. The number of aromatic nitrogens is 2. The molecule has 2 rings (SSSR count). The van der Waals surface area contributed by atoms with Gasteiger partial charge in [-0.25, -0.2) is 9.48 Å². The number of urea groups is 1. The Morgan fingerprint density at radius 1 is 1.17 bits per heavy atom. The third-order valence-corrected chi connectivity index (χ3v) is 3.63. The zero-order valence-electron chi connectivity index (χ0n) is 13.4. The number of hydrogen-bond donors (Lipinski definition) is 3. The van der Waals surface area contributed by atoms with Crippen molar-refractivity contribution in [2.24, 2.45) is 5.73 Å². The fraction of sp³-hybridized carbons (Fsp3) is 0.312. The van der Waals surface area contributed by atoms with Crippen LogP contribution in [0.5, 0.6) is 0 Å². The summed E-state index contributed by atoms with van der Waals surface area (Å²) in [5.41, 5.74) is 7.83. The van der Waals surface area contributed by atoms with Gasteiger partial charge in [-0.3, -0.25) is 4.79 Å². The minimum atomic E-state index is -0.728. The van der Waals surface area contributed by atoms with Crippen LogP contribution in [0.4, 0.5) is 4.79 Å². The third kappa shape index (κ3) is 3.88. The zero-order chi connectivity index (χ0) is 17.0. The summed E-state index contributed by atoms with van der Waals surface area (Å²) in [6.45, 7) is 5.39. The van der Waals surface area contributed by atoms with Crippen molar-refractivity contribution in [2.45, 2.75) is 32.9 Å². The average molecular weight is 315 g/mol. The Balaban J connectivity index is 2.12. The van der Waals surface area contributed by atoms with E-state index in [1.807, 2.05) is 48.9 Å². The molecule has 0 radical (unpaired) electrons. The lowest BCUT2D eigenvalue weighted by Gasteiger charge is -2.18. The van der Waals surface area contributed by atoms with Gasteiger partial charge < -0.3 is 16.4 Å². The summed E-state index contributed by atoms with van der Waals surface area (Å²) < 4.78 is 1.82. The smallest absolute Gasteiger partial charge is 0.312 e. The highest BCUT2D eigenvalue weighted by atomic mass is 16.2. The molecule has 23 heavy (non-hydrogen) atoms. The highest BCUT2D eigenvalue weighted by molar-refractivity contribution is 5.86. The maximum atomic E-state index is 12.0. The van der Waals surface area contributed by atoms with Crippen molar-refractivity contribution in [3.63, 3.8) is 0 Å². The molecule has 0 saturated heterocycles. The average Bonchev–Trinajstić information content (AvgIpc) is 2.89. The SMILES string of the molecule is Cc1c([C@@H](C)NC(=O)[C@@H](C)NC(N)=O)cnn1-c1ccccc1. The molecule has 0 bridgehead atoms. The van der Waals surface area contributed by atoms with Gasteiger partial charge in [-0.15, -0.1) is 0 Å². The predicted molar refractivity (Wildman–Crippen MR) is 87.0 cm³/mol. The van der Waals surface area contributed by atoms with Crippen molar-refractivity contribution < 1.29 is 9.59 Å². The summed E-state index contributed by atoms with van der Waals surface area (Å²) in [7, 11) is 0. The number of nitrogens with one attached hydrogen (secondary N) is 2. The number of primary amides is 1. The first-order valence-electron chi connectivity index (χ1n) is 7.36. The summed E-state index contributed by atoms with van der Waals surface area (Å²) in [6, 6.07) is 8.10. The van der Waals surface area contributed by atoms with Crippen LogP contribution in [0.3, 0.4) is 0 Å². The molecule has 0 saturated carbocycles. The minimum absolute atomic E-state index is 0.239. The normalized spacial score (nSPS) is 13.2. The van der Waals surface area contributed by atoms with Gasteiger partial charge in [0.05, 0.1) is 17.9 Å². The summed E-state index contributed by atoms with van der Waals surface area (Å²) in [6.07, 6.45) is 1.74. The van der Waals surface area contributed by atoms with Gasteiger partial charge in [0.1, 0.15) is 6.04 Å². The molecule has 7 nitrogen and oxygen atoms in total. The van der Waals surface area contributed by atoms with Gasteiger partial charge in [0, 0.05) is 11.3 Å². The van der Waals surface area contributed by atoms with Crippen molar-refractivity contribution in [1.82, 2.24) is 20.4 Å². The Morgan fingerprint density at radius 2 is 1.83 bits per heavy atom. The Kier molecular flexibility index (Phi) is 5.00. The van der Waals surface area contributed by atoms with Crippen LogP contribution in [0.15, 0.2) is 36.5 Å². The van der Waals surface area contributed by atoms with E-state index in [2.05, 4.69) is 15.7 Å². The Hall–Kier alpha value is -2.83. The summed E-state index contributed by atoms with van der Waals surface area (Å²) in [4.78, 5) is 22.8. The molecule has 4 N–H and O–H groups in total. The number of benzene rings is 1. The number of rotatable bonds is 5. The number of amides is 3. The monoisotopic (exact) mass is 315 g/mol. The van der Waals surface area contributed by atoms with E-state index < -0.39 is 12.1 Å². The Bertz CT molecular complexity index is 696. The van der Waals surface area contributed by atoms with Crippen molar-refractivity contribution in [3.8, 4) is 5.69 Å². The lowest BCUT2D eigenvalue weighted by molar-refractivity contribution is -0.123. The first-order chi connectivity index (χ1) is 10.9. The van der Waals surface area contributed by atoms with E-state index in [9.17, 15) is 9.59 Å². The van der Waals surface area contributed by atoms with Crippen LogP contribution >= 0.6 is 0 Å². The van der Waals surface area contributed by atoms with E-state index in [0.29, 0.717) is 0 Å². The third-order valence-electron chi connectivity index (χ3n) is 3.63. The van der Waals surface area contributed by atoms with Crippen LogP contribution < -0.4 is 16.4 Å². The molecule has 7 heteroatoms. The molecule has 0 aliphatic rings. The van der Waals surface area contributed by atoms with Gasteiger partial charge in [0.15, 0.2) is 0 Å². The number of para-hydroxylation sites is 1. The molecule has 1 aromatic carbocycles. The number of nitrogens with zero attached hydrogens (tertiary/aromatic N) is 2. The van der Waals surface area contributed by atoms with Gasteiger partial charge in [0.25, 0.3) is 0 Å². The van der Waals surface area contributed by atoms with E-state index in [0.717, 1.165) is 16.9 Å². The molecule has 0 spiro atoms. The molecular weight excluding hydrogens is 294 g/mol. The lowest BCUT2D eigenvalue weighted by atomic mass is 10.1. The largest absolute Gasteiger partial charge is 0.352 e. The van der Waals surface area contributed by atoms with Crippen LogP contribution in [0.2, 0.25) is 0 Å². The van der Waals surface area contributed by atoms with Crippen molar-refractivity contribution in [2.75, 3.05) is 0 Å². The molecule has 3 amide bonds. The van der Waals surface area contributed by atoms with Crippen LogP contribution in [0.1, 0.15) is 31.1 Å². The first-order valence-corrected chi connectivity index (χ1v) is 7.36. The van der Waals surface area contributed by atoms with Gasteiger partial charge in [-0.2, -0.15) is 5.10 Å². The van der Waals surface area contributed by atoms with E-state index in [4.69, 9.17) is 5.73 Å². The number of nitrogens with two attached hydrogens (primary N) is 1. The second kappa shape index (κ2) is 6.95. The number of hydrogen-bond acceptors (Lipinski definition) is 3. The van der Waals surface area contributed by atoms with Crippen molar-refractivity contribution in [1.29, 1.82) is 0 Å². The van der Waals surface area contributed by atoms with Gasteiger partial charge >= 0.3 is 6.03 Å². The molecule has 0 unspecified atom stereocenters. The second-order valence-electron chi connectivity index (χ2n) is 5.39. The fourth-order valence-electron chi connectivity index (χ4n) is 2.37. The summed E-state index contributed by atoms with van der Waals surface area (Å²) in [5.74, 6) is -0.303. The van der Waals surface area contributed by atoms with Crippen LogP contribution in [0.25, 0.3) is 5.69 Å². The van der Waals surface area contributed by atoms with Crippen LogP contribution in [-0.2, 0) is 4.79 Å². The molecule has 1 aromatic heterocycles. The molecule has 0 aliphatic carbocycles. The van der Waals surface area contributed by atoms with Gasteiger partial charge in [-0.05, 0) is 32.9 Å². The lowest BCUT2D eigenvalue weighted by Crippen LogP contribution is -2.47. The molecule has 2 atom stereocenters. The van der Waals surface area contributed by atoms with E-state index in [-0.39, 0.29) is 11.9 Å². The first kappa shape index (κ1) is 16.5. The fourth-order valence-corrected chi connectivity index (χ4v) is 2.37. The second-order valence-corrected chi connectivity index (χ2v) is 5.39. The standard InChI is InChI=1S/C16H21N5O2/c1-10(19-15(22)11(2)20-16(17)23)14-9-18-21(12(14)3)13-7-5-4-6-8-13/h4-11H,1-3H3,(H,19,22)(H3,17,20,23)/t10-,11-/m1/s1. The van der Waals surface area contributed by atoms with Gasteiger partial charge in [-0.1, -0.05) is 18.2 Å².